The third kappa shape index (κ3) is 3.88. The number of aryl methyl sites for hydroxylation is 1. The molecule has 4 rings (SSSR count). The first-order valence-corrected chi connectivity index (χ1v) is 9.91. The number of methoxy groups -OCH3 is 1. The maximum absolute atomic E-state index is 12.7. The van der Waals surface area contributed by atoms with E-state index in [1.54, 1.807) is 25.4 Å². The quantitative estimate of drug-likeness (QED) is 0.500. The van der Waals surface area contributed by atoms with Crippen molar-refractivity contribution in [1.29, 1.82) is 0 Å². The number of amides is 1. The fourth-order valence-electron chi connectivity index (χ4n) is 3.07. The van der Waals surface area contributed by atoms with Crippen LogP contribution in [0.3, 0.4) is 0 Å². The van der Waals surface area contributed by atoms with Crippen LogP contribution in [-0.2, 0) is 0 Å². The lowest BCUT2D eigenvalue weighted by Crippen LogP contribution is -2.17. The lowest BCUT2D eigenvalue weighted by atomic mass is 10.1. The second-order valence-corrected chi connectivity index (χ2v) is 7.51. The molecule has 0 aliphatic carbocycles. The van der Waals surface area contributed by atoms with E-state index in [0.717, 1.165) is 21.9 Å². The number of nitrogens with zero attached hydrogens (tertiary/aromatic N) is 3. The van der Waals surface area contributed by atoms with Crippen molar-refractivity contribution in [2.75, 3.05) is 7.11 Å². The first kappa shape index (κ1) is 18.8. The summed E-state index contributed by atoms with van der Waals surface area (Å²) in [5, 5.41) is 0. The average Bonchev–Trinajstić information content (AvgIpc) is 3.10. The van der Waals surface area contributed by atoms with Crippen LogP contribution in [0.4, 0.5) is 0 Å². The number of pyridine rings is 1. The van der Waals surface area contributed by atoms with Crippen molar-refractivity contribution >= 4 is 17.2 Å². The van der Waals surface area contributed by atoms with Gasteiger partial charge in [-0.2, -0.15) is 4.99 Å². The van der Waals surface area contributed by atoms with Crippen molar-refractivity contribution in [2.24, 2.45) is 4.99 Å². The minimum Gasteiger partial charge on any atom is -0.497 e. The number of carbonyl (C=O) groups excluding carboxylic acids is 1. The van der Waals surface area contributed by atoms with Crippen LogP contribution in [0, 0.1) is 6.92 Å². The summed E-state index contributed by atoms with van der Waals surface area (Å²) in [4.78, 5) is 23.3. The van der Waals surface area contributed by atoms with Crippen LogP contribution in [0.2, 0.25) is 0 Å². The Balaban J connectivity index is 1.92. The van der Waals surface area contributed by atoms with E-state index in [1.807, 2.05) is 72.2 Å². The van der Waals surface area contributed by atoms with Crippen LogP contribution in [0.1, 0.15) is 15.2 Å². The summed E-state index contributed by atoms with van der Waals surface area (Å²) >= 11 is 1.47. The number of carbonyl (C=O) groups is 1. The van der Waals surface area contributed by atoms with Gasteiger partial charge >= 0.3 is 0 Å². The molecule has 0 bridgehead atoms. The van der Waals surface area contributed by atoms with Gasteiger partial charge in [-0.25, -0.2) is 4.98 Å². The van der Waals surface area contributed by atoms with Crippen molar-refractivity contribution in [3.8, 4) is 22.8 Å². The lowest BCUT2D eigenvalue weighted by molar-refractivity contribution is 0.0998. The number of thiazole rings is 1. The zero-order valence-corrected chi connectivity index (χ0v) is 16.9. The van der Waals surface area contributed by atoms with Gasteiger partial charge in [0.25, 0.3) is 5.91 Å². The molecule has 29 heavy (non-hydrogen) atoms. The van der Waals surface area contributed by atoms with E-state index in [9.17, 15) is 4.79 Å². The van der Waals surface area contributed by atoms with Crippen LogP contribution < -0.4 is 9.54 Å². The molecule has 0 fully saturated rings. The maximum Gasteiger partial charge on any atom is 0.279 e. The van der Waals surface area contributed by atoms with Gasteiger partial charge in [0, 0.05) is 22.2 Å². The molecule has 0 aliphatic rings. The number of benzene rings is 2. The number of aromatic nitrogens is 2. The van der Waals surface area contributed by atoms with Gasteiger partial charge in [-0.05, 0) is 55.5 Å². The Morgan fingerprint density at radius 1 is 1.00 bits per heavy atom. The smallest absolute Gasteiger partial charge is 0.279 e. The normalized spacial score (nSPS) is 11.4. The molecule has 0 atom stereocenters. The second kappa shape index (κ2) is 8.24. The summed E-state index contributed by atoms with van der Waals surface area (Å²) in [7, 11) is 1.64. The molecule has 0 radical (unpaired) electrons. The van der Waals surface area contributed by atoms with Gasteiger partial charge in [0.05, 0.1) is 12.8 Å². The molecule has 2 aromatic carbocycles. The molecule has 2 heterocycles. The molecule has 0 spiro atoms. The number of hydrogen-bond acceptors (Lipinski definition) is 4. The van der Waals surface area contributed by atoms with Crippen molar-refractivity contribution in [3.05, 3.63) is 94.2 Å². The van der Waals surface area contributed by atoms with Crippen LogP contribution in [0.15, 0.2) is 84.0 Å². The molecule has 144 valence electrons. The van der Waals surface area contributed by atoms with Gasteiger partial charge in [-0.1, -0.05) is 24.3 Å². The molecule has 0 unspecified atom stereocenters. The molecule has 0 saturated heterocycles. The topological polar surface area (TPSA) is 56.5 Å². The van der Waals surface area contributed by atoms with E-state index < -0.39 is 0 Å². The molecule has 0 N–H and O–H groups in total. The highest BCUT2D eigenvalue weighted by Crippen LogP contribution is 2.29. The number of ether oxygens (including phenoxy) is 1. The Morgan fingerprint density at radius 2 is 1.72 bits per heavy atom. The Bertz CT molecular complexity index is 1190. The molecule has 0 aliphatic heterocycles. The highest BCUT2D eigenvalue weighted by Gasteiger charge is 2.16. The minimum absolute atomic E-state index is 0.280. The summed E-state index contributed by atoms with van der Waals surface area (Å²) in [6, 6.07) is 22.6. The van der Waals surface area contributed by atoms with Crippen molar-refractivity contribution in [1.82, 2.24) is 9.55 Å². The van der Waals surface area contributed by atoms with Crippen LogP contribution in [-0.4, -0.2) is 22.6 Å². The summed E-state index contributed by atoms with van der Waals surface area (Å²) in [5.41, 5.74) is 2.51. The highest BCUT2D eigenvalue weighted by atomic mass is 32.1. The average molecular weight is 401 g/mol. The molecule has 2 aromatic heterocycles. The Morgan fingerprint density at radius 3 is 2.38 bits per heavy atom. The predicted octanol–water partition coefficient (Wildman–Crippen LogP) is 4.66. The standard InChI is InChI=1S/C23H19N3O2S/c1-16-21(17-11-13-19(28-2)14-12-17)26(20-10-6-7-15-24-20)23(29-16)25-22(27)18-8-4-3-5-9-18/h3-15H,1-2H3. The largest absolute Gasteiger partial charge is 0.497 e. The number of hydrogen-bond donors (Lipinski definition) is 0. The van der Waals surface area contributed by atoms with Crippen molar-refractivity contribution < 1.29 is 9.53 Å². The monoisotopic (exact) mass is 401 g/mol. The van der Waals surface area contributed by atoms with Crippen LogP contribution in [0.5, 0.6) is 5.75 Å². The van der Waals surface area contributed by atoms with Crippen molar-refractivity contribution in [3.63, 3.8) is 0 Å². The van der Waals surface area contributed by atoms with Gasteiger partial charge in [-0.3, -0.25) is 9.36 Å². The molecular weight excluding hydrogens is 382 g/mol. The van der Waals surface area contributed by atoms with Gasteiger partial charge in [0.15, 0.2) is 4.80 Å². The van der Waals surface area contributed by atoms with Gasteiger partial charge in [-0.15, -0.1) is 11.3 Å². The van der Waals surface area contributed by atoms with E-state index in [2.05, 4.69) is 9.98 Å². The highest BCUT2D eigenvalue weighted by molar-refractivity contribution is 7.09. The SMILES string of the molecule is COc1ccc(-c2c(C)sc(=NC(=O)c3ccccc3)n2-c2ccccn2)cc1. The Kier molecular flexibility index (Phi) is 5.35. The van der Waals surface area contributed by atoms with E-state index in [0.29, 0.717) is 16.2 Å². The van der Waals surface area contributed by atoms with Gasteiger partial charge in [0.1, 0.15) is 11.6 Å². The number of rotatable bonds is 4. The zero-order valence-electron chi connectivity index (χ0n) is 16.1. The summed E-state index contributed by atoms with van der Waals surface area (Å²) in [5.74, 6) is 1.22. The molecule has 4 aromatic rings. The summed E-state index contributed by atoms with van der Waals surface area (Å²) in [6.07, 6.45) is 1.73. The van der Waals surface area contributed by atoms with E-state index in [4.69, 9.17) is 4.74 Å². The molecule has 1 amide bonds. The Labute approximate surface area is 172 Å². The predicted molar refractivity (Wildman–Crippen MR) is 115 cm³/mol. The maximum atomic E-state index is 12.7. The third-order valence-electron chi connectivity index (χ3n) is 4.45. The summed E-state index contributed by atoms with van der Waals surface area (Å²) in [6.45, 7) is 2.02. The molecule has 5 nitrogen and oxygen atoms in total. The van der Waals surface area contributed by atoms with E-state index in [-0.39, 0.29) is 5.91 Å². The fourth-order valence-corrected chi connectivity index (χ4v) is 4.05. The molecule has 0 saturated carbocycles. The first-order chi connectivity index (χ1) is 14.2. The van der Waals surface area contributed by atoms with Crippen LogP contribution >= 0.6 is 11.3 Å². The second-order valence-electron chi connectivity index (χ2n) is 6.32. The van der Waals surface area contributed by atoms with Crippen molar-refractivity contribution in [2.45, 2.75) is 6.92 Å². The first-order valence-electron chi connectivity index (χ1n) is 9.10. The van der Waals surface area contributed by atoms with E-state index in [1.165, 1.54) is 11.3 Å². The third-order valence-corrected chi connectivity index (χ3v) is 5.41. The summed E-state index contributed by atoms with van der Waals surface area (Å²) < 4.78 is 7.21. The van der Waals surface area contributed by atoms with Gasteiger partial charge in [0.2, 0.25) is 0 Å². The molecular formula is C23H19N3O2S. The Hall–Kier alpha value is -3.51. The van der Waals surface area contributed by atoms with Crippen LogP contribution in [0.25, 0.3) is 17.1 Å². The van der Waals surface area contributed by atoms with Gasteiger partial charge < -0.3 is 4.74 Å². The van der Waals surface area contributed by atoms with E-state index >= 15 is 0 Å². The molecule has 6 heteroatoms. The fraction of sp³-hybridized carbons (Fsp3) is 0.0870. The lowest BCUT2D eigenvalue weighted by Gasteiger charge is -2.10. The minimum atomic E-state index is -0.280. The zero-order chi connectivity index (χ0) is 20.2.